The Labute approximate surface area is 94.4 Å². The molecular weight excluding hydrogens is 243 g/mol. The number of hydrogen-bond acceptors (Lipinski definition) is 4. The molecule has 0 unspecified atom stereocenters. The first-order valence-corrected chi connectivity index (χ1v) is 5.24. The highest BCUT2D eigenvalue weighted by Crippen LogP contribution is 2.27. The van der Waals surface area contributed by atoms with Gasteiger partial charge in [0, 0.05) is 9.92 Å². The van der Waals surface area contributed by atoms with Crippen molar-refractivity contribution in [3.63, 3.8) is 0 Å². The van der Waals surface area contributed by atoms with Crippen LogP contribution < -0.4 is 0 Å². The van der Waals surface area contributed by atoms with Crippen molar-refractivity contribution in [2.75, 3.05) is 0 Å². The lowest BCUT2D eigenvalue weighted by Crippen LogP contribution is -1.72. The number of nitrogens with zero attached hydrogens (tertiary/aromatic N) is 2. The van der Waals surface area contributed by atoms with E-state index in [0.29, 0.717) is 10.2 Å². The molecule has 1 aromatic heterocycles. The minimum Gasteiger partial charge on any atom is -0.326 e. The van der Waals surface area contributed by atoms with Gasteiger partial charge in [-0.05, 0) is 52.8 Å². The normalized spacial score (nSPS) is 10.4. The number of halogens is 2. The summed E-state index contributed by atoms with van der Waals surface area (Å²) < 4.78 is 4.84. The minimum atomic E-state index is 0.112. The molecule has 1 aromatic carbocycles. The summed E-state index contributed by atoms with van der Waals surface area (Å²) in [5.41, 5.74) is 0. The second-order valence-electron chi connectivity index (χ2n) is 2.39. The molecule has 0 saturated carbocycles. The lowest BCUT2D eigenvalue weighted by molar-refractivity contribution is 0.340. The molecule has 3 nitrogen and oxygen atoms in total. The Morgan fingerprint density at radius 2 is 1.86 bits per heavy atom. The first-order valence-electron chi connectivity index (χ1n) is 3.67. The van der Waals surface area contributed by atoms with Gasteiger partial charge in [-0.15, -0.1) is 0 Å². The molecule has 14 heavy (non-hydrogen) atoms. The maximum atomic E-state index is 5.74. The summed E-state index contributed by atoms with van der Waals surface area (Å²) in [7, 11) is 0. The second-order valence-corrected chi connectivity index (χ2v) is 4.18. The largest absolute Gasteiger partial charge is 0.326 e. The van der Waals surface area contributed by atoms with Crippen LogP contribution in [0.5, 0.6) is 0 Å². The van der Waals surface area contributed by atoms with Gasteiger partial charge in [0.05, 0.1) is 0 Å². The standard InChI is InChI=1S/C8H4Cl2N2OS/c9-5-1-3-6(4-2-5)14-8-11-7(10)12-13-8/h1-4H. The molecule has 2 rings (SSSR count). The van der Waals surface area contributed by atoms with E-state index in [-0.39, 0.29) is 5.28 Å². The molecule has 0 saturated heterocycles. The summed E-state index contributed by atoms with van der Waals surface area (Å²) in [4.78, 5) is 4.81. The van der Waals surface area contributed by atoms with E-state index in [1.54, 1.807) is 12.1 Å². The Hall–Kier alpha value is -0.710. The quantitative estimate of drug-likeness (QED) is 0.813. The zero-order chi connectivity index (χ0) is 9.97. The number of benzene rings is 1. The maximum absolute atomic E-state index is 5.74. The van der Waals surface area contributed by atoms with Crippen molar-refractivity contribution in [3.05, 3.63) is 34.6 Å². The summed E-state index contributed by atoms with van der Waals surface area (Å²) in [5.74, 6) is 0. The average Bonchev–Trinajstić information content (AvgIpc) is 2.56. The van der Waals surface area contributed by atoms with Gasteiger partial charge in [0.15, 0.2) is 0 Å². The third kappa shape index (κ3) is 2.41. The van der Waals surface area contributed by atoms with E-state index in [9.17, 15) is 0 Å². The molecule has 1 heterocycles. The van der Waals surface area contributed by atoms with Crippen LogP contribution in [-0.4, -0.2) is 10.1 Å². The monoisotopic (exact) mass is 246 g/mol. The predicted molar refractivity (Wildman–Crippen MR) is 54.9 cm³/mol. The van der Waals surface area contributed by atoms with Gasteiger partial charge in [-0.25, -0.2) is 0 Å². The molecule has 0 spiro atoms. The molecule has 0 bridgehead atoms. The van der Waals surface area contributed by atoms with Crippen LogP contribution in [0.4, 0.5) is 0 Å². The van der Waals surface area contributed by atoms with Crippen LogP contribution >= 0.6 is 35.0 Å². The maximum Gasteiger partial charge on any atom is 0.291 e. The molecule has 0 aliphatic carbocycles. The molecule has 72 valence electrons. The van der Waals surface area contributed by atoms with Crippen LogP contribution in [0.25, 0.3) is 0 Å². The lowest BCUT2D eigenvalue weighted by Gasteiger charge is -1.94. The first kappa shape index (κ1) is 9.83. The molecule has 0 radical (unpaired) electrons. The molecule has 0 atom stereocenters. The highest BCUT2D eigenvalue weighted by atomic mass is 35.5. The van der Waals surface area contributed by atoms with Crippen molar-refractivity contribution in [3.8, 4) is 0 Å². The van der Waals surface area contributed by atoms with Crippen LogP contribution in [0.15, 0.2) is 38.9 Å². The number of rotatable bonds is 2. The molecule has 2 aromatic rings. The first-order chi connectivity index (χ1) is 6.74. The topological polar surface area (TPSA) is 38.9 Å². The van der Waals surface area contributed by atoms with Gasteiger partial charge in [0.1, 0.15) is 0 Å². The van der Waals surface area contributed by atoms with Crippen molar-refractivity contribution >= 4 is 35.0 Å². The lowest BCUT2D eigenvalue weighted by atomic mass is 10.4. The zero-order valence-corrected chi connectivity index (χ0v) is 9.10. The fourth-order valence-corrected chi connectivity index (χ4v) is 1.81. The summed E-state index contributed by atoms with van der Waals surface area (Å²) >= 11 is 12.6. The fraction of sp³-hybridized carbons (Fsp3) is 0. The van der Waals surface area contributed by atoms with E-state index in [0.717, 1.165) is 4.90 Å². The van der Waals surface area contributed by atoms with Gasteiger partial charge in [-0.2, -0.15) is 4.98 Å². The van der Waals surface area contributed by atoms with E-state index in [1.807, 2.05) is 12.1 Å². The van der Waals surface area contributed by atoms with Crippen LogP contribution in [0.3, 0.4) is 0 Å². The molecule has 0 N–H and O–H groups in total. The summed E-state index contributed by atoms with van der Waals surface area (Å²) in [6.45, 7) is 0. The van der Waals surface area contributed by atoms with Gasteiger partial charge < -0.3 is 4.52 Å². The molecule has 0 aliphatic rings. The van der Waals surface area contributed by atoms with Crippen molar-refractivity contribution < 1.29 is 4.52 Å². The Balaban J connectivity index is 2.15. The van der Waals surface area contributed by atoms with Crippen molar-refractivity contribution in [2.24, 2.45) is 0 Å². The molecule has 0 amide bonds. The van der Waals surface area contributed by atoms with E-state index in [2.05, 4.69) is 10.1 Å². The van der Waals surface area contributed by atoms with Crippen LogP contribution in [0.2, 0.25) is 10.3 Å². The minimum absolute atomic E-state index is 0.112. The third-order valence-electron chi connectivity index (χ3n) is 1.40. The van der Waals surface area contributed by atoms with Crippen LogP contribution in [0.1, 0.15) is 0 Å². The van der Waals surface area contributed by atoms with Crippen LogP contribution in [-0.2, 0) is 0 Å². The van der Waals surface area contributed by atoms with Gasteiger partial charge in [0.2, 0.25) is 0 Å². The van der Waals surface area contributed by atoms with E-state index in [4.69, 9.17) is 27.7 Å². The van der Waals surface area contributed by atoms with Crippen LogP contribution in [0, 0.1) is 0 Å². The van der Waals surface area contributed by atoms with Gasteiger partial charge in [0.25, 0.3) is 10.5 Å². The van der Waals surface area contributed by atoms with Crippen molar-refractivity contribution in [2.45, 2.75) is 10.1 Å². The highest BCUT2D eigenvalue weighted by molar-refractivity contribution is 7.99. The fourth-order valence-electron chi connectivity index (χ4n) is 0.838. The molecule has 0 aliphatic heterocycles. The number of hydrogen-bond donors (Lipinski definition) is 0. The van der Waals surface area contributed by atoms with E-state index < -0.39 is 0 Å². The second kappa shape index (κ2) is 4.21. The molecule has 0 fully saturated rings. The predicted octanol–water partition coefficient (Wildman–Crippen LogP) is 3.53. The highest BCUT2D eigenvalue weighted by Gasteiger charge is 2.05. The van der Waals surface area contributed by atoms with Crippen molar-refractivity contribution in [1.29, 1.82) is 0 Å². The van der Waals surface area contributed by atoms with Crippen molar-refractivity contribution in [1.82, 2.24) is 10.1 Å². The average molecular weight is 247 g/mol. The molecular formula is C8H4Cl2N2OS. The Morgan fingerprint density at radius 3 is 2.43 bits per heavy atom. The molecule has 6 heteroatoms. The SMILES string of the molecule is Clc1ccc(Sc2nc(Cl)no2)cc1. The third-order valence-corrected chi connectivity index (χ3v) is 2.66. The Kier molecular flexibility index (Phi) is 2.96. The smallest absolute Gasteiger partial charge is 0.291 e. The van der Waals surface area contributed by atoms with E-state index >= 15 is 0 Å². The summed E-state index contributed by atoms with van der Waals surface area (Å²) in [6, 6.07) is 7.32. The Morgan fingerprint density at radius 1 is 1.14 bits per heavy atom. The van der Waals surface area contributed by atoms with Gasteiger partial charge in [-0.1, -0.05) is 11.6 Å². The Bertz CT molecular complexity index is 429. The zero-order valence-electron chi connectivity index (χ0n) is 6.78. The van der Waals surface area contributed by atoms with Gasteiger partial charge >= 0.3 is 0 Å². The summed E-state index contributed by atoms with van der Waals surface area (Å²) in [6.07, 6.45) is 0. The number of aromatic nitrogens is 2. The summed E-state index contributed by atoms with van der Waals surface area (Å²) in [5, 5.41) is 4.68. The van der Waals surface area contributed by atoms with E-state index in [1.165, 1.54) is 11.8 Å². The van der Waals surface area contributed by atoms with Gasteiger partial charge in [-0.3, -0.25) is 0 Å².